The lowest BCUT2D eigenvalue weighted by atomic mass is 10.2. The van der Waals surface area contributed by atoms with Crippen LogP contribution in [-0.4, -0.2) is 15.6 Å². The molecule has 0 aliphatic rings. The summed E-state index contributed by atoms with van der Waals surface area (Å²) in [5.41, 5.74) is 1.03. The molecule has 0 fully saturated rings. The van der Waals surface area contributed by atoms with Crippen LogP contribution >= 0.6 is 0 Å². The van der Waals surface area contributed by atoms with Crippen molar-refractivity contribution in [1.29, 1.82) is 0 Å². The Bertz CT molecular complexity index is 278. The molecule has 0 spiro atoms. The minimum Gasteiger partial charge on any atom is -0.300 e. The van der Waals surface area contributed by atoms with Gasteiger partial charge in [0, 0.05) is 25.6 Å². The molecule has 1 heterocycles. The number of Topliss-reactive ketones (excluding diaryl/α,β-unsaturated/α-hetero) is 1. The van der Waals surface area contributed by atoms with Crippen LogP contribution in [-0.2, 0) is 11.3 Å². The molecular weight excluding hydrogens is 164 g/mol. The maximum Gasteiger partial charge on any atom is 0.132 e. The highest BCUT2D eigenvalue weighted by atomic mass is 16.1. The predicted octanol–water partition coefficient (Wildman–Crippen LogP) is 1.95. The smallest absolute Gasteiger partial charge is 0.132 e. The summed E-state index contributed by atoms with van der Waals surface area (Å²) in [6.45, 7) is 4.72. The lowest BCUT2D eigenvalue weighted by Crippen LogP contribution is -2.02. The van der Waals surface area contributed by atoms with Gasteiger partial charge in [0.05, 0.1) is 5.69 Å². The topological polar surface area (TPSA) is 34.9 Å². The fourth-order valence-corrected chi connectivity index (χ4v) is 1.20. The van der Waals surface area contributed by atoms with Gasteiger partial charge in [-0.25, -0.2) is 0 Å². The van der Waals surface area contributed by atoms with Crippen molar-refractivity contribution in [2.24, 2.45) is 0 Å². The largest absolute Gasteiger partial charge is 0.300 e. The Hall–Kier alpha value is -1.12. The van der Waals surface area contributed by atoms with E-state index in [4.69, 9.17) is 0 Å². The third-order valence-electron chi connectivity index (χ3n) is 2.01. The molecule has 1 aromatic rings. The number of hydrogen-bond donors (Lipinski definition) is 0. The Morgan fingerprint density at radius 2 is 2.38 bits per heavy atom. The first-order valence-corrected chi connectivity index (χ1v) is 4.74. The zero-order valence-corrected chi connectivity index (χ0v) is 8.29. The second kappa shape index (κ2) is 4.80. The molecule has 0 saturated carbocycles. The van der Waals surface area contributed by atoms with E-state index in [1.54, 1.807) is 0 Å². The molecule has 0 radical (unpaired) electrons. The van der Waals surface area contributed by atoms with Crippen molar-refractivity contribution in [2.75, 3.05) is 0 Å². The van der Waals surface area contributed by atoms with Crippen molar-refractivity contribution < 1.29 is 4.79 Å². The Kier molecular flexibility index (Phi) is 3.68. The van der Waals surface area contributed by atoms with E-state index in [9.17, 15) is 4.79 Å². The zero-order valence-electron chi connectivity index (χ0n) is 8.29. The van der Waals surface area contributed by atoms with Crippen LogP contribution in [0.1, 0.15) is 31.9 Å². The number of aromatic nitrogens is 2. The highest BCUT2D eigenvalue weighted by molar-refractivity contribution is 5.77. The van der Waals surface area contributed by atoms with Crippen molar-refractivity contribution in [3.05, 3.63) is 18.0 Å². The SMILES string of the molecule is CCC(=O)CCCn1ccc(C)n1. The van der Waals surface area contributed by atoms with Gasteiger partial charge < -0.3 is 0 Å². The molecule has 3 nitrogen and oxygen atoms in total. The Morgan fingerprint density at radius 1 is 1.62 bits per heavy atom. The quantitative estimate of drug-likeness (QED) is 0.694. The van der Waals surface area contributed by atoms with E-state index in [1.807, 2.05) is 30.8 Å². The first-order valence-electron chi connectivity index (χ1n) is 4.74. The molecule has 0 aromatic carbocycles. The van der Waals surface area contributed by atoms with E-state index in [2.05, 4.69) is 5.10 Å². The molecule has 0 aliphatic heterocycles. The molecular formula is C10H16N2O. The summed E-state index contributed by atoms with van der Waals surface area (Å²) in [6.07, 6.45) is 4.17. The molecule has 3 heteroatoms. The number of rotatable bonds is 5. The molecule has 0 atom stereocenters. The van der Waals surface area contributed by atoms with E-state index < -0.39 is 0 Å². The van der Waals surface area contributed by atoms with Crippen molar-refractivity contribution in [3.63, 3.8) is 0 Å². The van der Waals surface area contributed by atoms with Crippen molar-refractivity contribution >= 4 is 5.78 Å². The van der Waals surface area contributed by atoms with Gasteiger partial charge in [-0.15, -0.1) is 0 Å². The summed E-state index contributed by atoms with van der Waals surface area (Å²) in [7, 11) is 0. The number of hydrogen-bond acceptors (Lipinski definition) is 2. The van der Waals surface area contributed by atoms with Crippen LogP contribution < -0.4 is 0 Å². The van der Waals surface area contributed by atoms with Crippen molar-refractivity contribution in [1.82, 2.24) is 9.78 Å². The minimum atomic E-state index is 0.337. The first-order chi connectivity index (χ1) is 6.22. The number of ketones is 1. The Labute approximate surface area is 78.8 Å². The van der Waals surface area contributed by atoms with Crippen LogP contribution in [0.15, 0.2) is 12.3 Å². The van der Waals surface area contributed by atoms with E-state index in [-0.39, 0.29) is 0 Å². The molecule has 0 amide bonds. The van der Waals surface area contributed by atoms with Crippen LogP contribution in [0.25, 0.3) is 0 Å². The average molecular weight is 180 g/mol. The molecule has 0 saturated heterocycles. The molecule has 0 N–H and O–H groups in total. The van der Waals surface area contributed by atoms with Crippen LogP contribution in [0.5, 0.6) is 0 Å². The summed E-state index contributed by atoms with van der Waals surface area (Å²) in [6, 6.07) is 1.97. The van der Waals surface area contributed by atoms with Gasteiger partial charge in [0.15, 0.2) is 0 Å². The van der Waals surface area contributed by atoms with Gasteiger partial charge in [-0.2, -0.15) is 5.10 Å². The highest BCUT2D eigenvalue weighted by Gasteiger charge is 1.98. The molecule has 0 unspecified atom stereocenters. The Balaban J connectivity index is 2.24. The van der Waals surface area contributed by atoms with Crippen molar-refractivity contribution in [2.45, 2.75) is 39.7 Å². The third kappa shape index (κ3) is 3.40. The molecule has 1 rings (SSSR count). The minimum absolute atomic E-state index is 0.337. The standard InChI is InChI=1S/C10H16N2O/c1-3-10(13)5-4-7-12-8-6-9(2)11-12/h6,8H,3-5,7H2,1-2H3. The summed E-state index contributed by atoms with van der Waals surface area (Å²) < 4.78 is 1.89. The van der Waals surface area contributed by atoms with E-state index >= 15 is 0 Å². The number of nitrogens with zero attached hydrogens (tertiary/aromatic N) is 2. The second-order valence-electron chi connectivity index (χ2n) is 3.22. The lowest BCUT2D eigenvalue weighted by Gasteiger charge is -1.99. The highest BCUT2D eigenvalue weighted by Crippen LogP contribution is 1.99. The molecule has 0 bridgehead atoms. The van der Waals surface area contributed by atoms with Gasteiger partial charge >= 0.3 is 0 Å². The van der Waals surface area contributed by atoms with E-state index in [0.29, 0.717) is 18.6 Å². The summed E-state index contributed by atoms with van der Waals surface area (Å²) in [5, 5.41) is 4.24. The summed E-state index contributed by atoms with van der Waals surface area (Å²) >= 11 is 0. The van der Waals surface area contributed by atoms with Gasteiger partial charge in [-0.3, -0.25) is 9.48 Å². The normalized spacial score (nSPS) is 10.3. The average Bonchev–Trinajstić information content (AvgIpc) is 2.51. The molecule has 13 heavy (non-hydrogen) atoms. The lowest BCUT2D eigenvalue weighted by molar-refractivity contribution is -0.118. The molecule has 72 valence electrons. The fourth-order valence-electron chi connectivity index (χ4n) is 1.20. The second-order valence-corrected chi connectivity index (χ2v) is 3.22. The third-order valence-corrected chi connectivity index (χ3v) is 2.01. The molecule has 0 aliphatic carbocycles. The fraction of sp³-hybridized carbons (Fsp3) is 0.600. The summed E-state index contributed by atoms with van der Waals surface area (Å²) in [5.74, 6) is 0.337. The van der Waals surface area contributed by atoms with Gasteiger partial charge in [0.1, 0.15) is 5.78 Å². The summed E-state index contributed by atoms with van der Waals surface area (Å²) in [4.78, 5) is 11.0. The Morgan fingerprint density at radius 3 is 2.92 bits per heavy atom. The first kappa shape index (κ1) is 9.96. The van der Waals surface area contributed by atoms with Crippen LogP contribution in [0.2, 0.25) is 0 Å². The number of aryl methyl sites for hydroxylation is 2. The maximum absolute atomic E-state index is 11.0. The van der Waals surface area contributed by atoms with Crippen molar-refractivity contribution in [3.8, 4) is 0 Å². The van der Waals surface area contributed by atoms with Gasteiger partial charge in [-0.1, -0.05) is 6.92 Å². The van der Waals surface area contributed by atoms with E-state index in [0.717, 1.165) is 18.7 Å². The van der Waals surface area contributed by atoms with Crippen LogP contribution in [0.4, 0.5) is 0 Å². The zero-order chi connectivity index (χ0) is 9.68. The van der Waals surface area contributed by atoms with Gasteiger partial charge in [0.25, 0.3) is 0 Å². The number of carbonyl (C=O) groups is 1. The predicted molar refractivity (Wildman–Crippen MR) is 51.5 cm³/mol. The maximum atomic E-state index is 11.0. The van der Waals surface area contributed by atoms with E-state index in [1.165, 1.54) is 0 Å². The van der Waals surface area contributed by atoms with Gasteiger partial charge in [0.2, 0.25) is 0 Å². The number of carbonyl (C=O) groups excluding carboxylic acids is 1. The monoisotopic (exact) mass is 180 g/mol. The van der Waals surface area contributed by atoms with Crippen LogP contribution in [0.3, 0.4) is 0 Å². The molecule has 1 aromatic heterocycles. The van der Waals surface area contributed by atoms with Crippen LogP contribution in [0, 0.1) is 6.92 Å². The van der Waals surface area contributed by atoms with Gasteiger partial charge in [-0.05, 0) is 19.4 Å².